The normalized spacial score (nSPS) is 10.3. The third kappa shape index (κ3) is 3.15. The minimum absolute atomic E-state index is 0.00516. The first-order chi connectivity index (χ1) is 9.49. The van der Waals surface area contributed by atoms with Gasteiger partial charge in [0.15, 0.2) is 5.69 Å². The average Bonchev–Trinajstić information content (AvgIpc) is 2.94. The number of amides is 2. The molecular formula is C11H13ClN6O2. The predicted octanol–water partition coefficient (Wildman–Crippen LogP) is 0.268. The van der Waals surface area contributed by atoms with Gasteiger partial charge in [-0.15, -0.1) is 0 Å². The van der Waals surface area contributed by atoms with Crippen molar-refractivity contribution in [1.82, 2.24) is 24.9 Å². The van der Waals surface area contributed by atoms with Crippen molar-refractivity contribution in [2.75, 3.05) is 12.4 Å². The van der Waals surface area contributed by atoms with Gasteiger partial charge in [0.1, 0.15) is 6.54 Å². The summed E-state index contributed by atoms with van der Waals surface area (Å²) >= 11 is 5.71. The standard InChI is InChI=1S/C11H13ClN6O2/c1-13-11(20)10-8(5-17(2)16-10)15-9(19)6-18-4-7(12)3-14-18/h3-5H,6H2,1-2H3,(H,13,20)(H,15,19). The Morgan fingerprint density at radius 2 is 2.15 bits per heavy atom. The van der Waals surface area contributed by atoms with E-state index in [1.807, 2.05) is 0 Å². The maximum Gasteiger partial charge on any atom is 0.273 e. The van der Waals surface area contributed by atoms with Crippen molar-refractivity contribution in [2.45, 2.75) is 6.54 Å². The van der Waals surface area contributed by atoms with E-state index in [9.17, 15) is 9.59 Å². The van der Waals surface area contributed by atoms with Crippen LogP contribution in [0.15, 0.2) is 18.6 Å². The summed E-state index contributed by atoms with van der Waals surface area (Å²) in [6.07, 6.45) is 4.53. The topological polar surface area (TPSA) is 93.8 Å². The third-order valence-electron chi connectivity index (χ3n) is 2.45. The first kappa shape index (κ1) is 14.1. The molecule has 0 fully saturated rings. The van der Waals surface area contributed by atoms with E-state index in [0.717, 1.165) is 0 Å². The molecule has 0 aliphatic heterocycles. The average molecular weight is 297 g/mol. The zero-order valence-electron chi connectivity index (χ0n) is 10.9. The van der Waals surface area contributed by atoms with Gasteiger partial charge in [-0.25, -0.2) is 0 Å². The summed E-state index contributed by atoms with van der Waals surface area (Å²) in [7, 11) is 3.16. The maximum absolute atomic E-state index is 11.9. The summed E-state index contributed by atoms with van der Waals surface area (Å²) in [5.74, 6) is -0.703. The van der Waals surface area contributed by atoms with Crippen LogP contribution < -0.4 is 10.6 Å². The van der Waals surface area contributed by atoms with Gasteiger partial charge in [0.2, 0.25) is 5.91 Å². The lowest BCUT2D eigenvalue weighted by Crippen LogP contribution is -2.23. The van der Waals surface area contributed by atoms with Gasteiger partial charge in [-0.3, -0.25) is 19.0 Å². The number of nitrogens with zero attached hydrogens (tertiary/aromatic N) is 4. The number of halogens is 1. The second-order valence-corrected chi connectivity index (χ2v) is 4.48. The number of anilines is 1. The fourth-order valence-corrected chi connectivity index (χ4v) is 1.78. The Morgan fingerprint density at radius 1 is 1.40 bits per heavy atom. The number of hydrogen-bond donors (Lipinski definition) is 2. The van der Waals surface area contributed by atoms with Crippen LogP contribution in [-0.4, -0.2) is 38.4 Å². The van der Waals surface area contributed by atoms with Crippen molar-refractivity contribution in [3.8, 4) is 0 Å². The van der Waals surface area contributed by atoms with Gasteiger partial charge in [0, 0.05) is 26.5 Å². The van der Waals surface area contributed by atoms with E-state index in [-0.39, 0.29) is 24.1 Å². The molecule has 2 amide bonds. The molecule has 0 atom stereocenters. The van der Waals surface area contributed by atoms with E-state index < -0.39 is 0 Å². The molecule has 0 unspecified atom stereocenters. The highest BCUT2D eigenvalue weighted by atomic mass is 35.5. The SMILES string of the molecule is CNC(=O)c1nn(C)cc1NC(=O)Cn1cc(Cl)cn1. The van der Waals surface area contributed by atoms with Crippen molar-refractivity contribution in [2.24, 2.45) is 7.05 Å². The Balaban J connectivity index is 2.09. The molecule has 106 valence electrons. The second-order valence-electron chi connectivity index (χ2n) is 4.05. The van der Waals surface area contributed by atoms with E-state index in [4.69, 9.17) is 11.6 Å². The molecular weight excluding hydrogens is 284 g/mol. The third-order valence-corrected chi connectivity index (χ3v) is 2.65. The Morgan fingerprint density at radius 3 is 2.75 bits per heavy atom. The molecule has 0 aromatic carbocycles. The molecule has 20 heavy (non-hydrogen) atoms. The van der Waals surface area contributed by atoms with Gasteiger partial charge in [-0.05, 0) is 0 Å². The quantitative estimate of drug-likeness (QED) is 0.847. The van der Waals surface area contributed by atoms with Crippen LogP contribution in [-0.2, 0) is 18.4 Å². The minimum atomic E-state index is -0.372. The number of carbonyl (C=O) groups excluding carboxylic acids is 2. The van der Waals surface area contributed by atoms with Gasteiger partial charge < -0.3 is 10.6 Å². The highest BCUT2D eigenvalue weighted by Gasteiger charge is 2.17. The fraction of sp³-hybridized carbons (Fsp3) is 0.273. The Hall–Kier alpha value is -2.35. The molecule has 2 aromatic heterocycles. The molecule has 2 heterocycles. The molecule has 2 rings (SSSR count). The molecule has 0 saturated carbocycles. The van der Waals surface area contributed by atoms with Crippen molar-refractivity contribution in [3.63, 3.8) is 0 Å². The number of aryl methyl sites for hydroxylation is 1. The summed E-state index contributed by atoms with van der Waals surface area (Å²) in [5, 5.41) is 13.4. The zero-order chi connectivity index (χ0) is 14.7. The molecule has 9 heteroatoms. The van der Waals surface area contributed by atoms with Crippen LogP contribution in [0, 0.1) is 0 Å². The Kier molecular flexibility index (Phi) is 4.04. The van der Waals surface area contributed by atoms with Crippen LogP contribution in [0.3, 0.4) is 0 Å². The fourth-order valence-electron chi connectivity index (χ4n) is 1.63. The summed E-state index contributed by atoms with van der Waals surface area (Å²) < 4.78 is 2.85. The van der Waals surface area contributed by atoms with Crippen LogP contribution in [0.2, 0.25) is 5.02 Å². The zero-order valence-corrected chi connectivity index (χ0v) is 11.7. The van der Waals surface area contributed by atoms with Gasteiger partial charge in [0.05, 0.1) is 16.9 Å². The highest BCUT2D eigenvalue weighted by Crippen LogP contribution is 2.13. The van der Waals surface area contributed by atoms with Gasteiger partial charge in [-0.1, -0.05) is 11.6 Å². The largest absolute Gasteiger partial charge is 0.354 e. The number of aromatic nitrogens is 4. The lowest BCUT2D eigenvalue weighted by Gasteiger charge is -2.04. The molecule has 2 N–H and O–H groups in total. The summed E-state index contributed by atoms with van der Waals surface area (Å²) in [6, 6.07) is 0. The van der Waals surface area contributed by atoms with E-state index in [0.29, 0.717) is 10.7 Å². The molecule has 0 spiro atoms. The van der Waals surface area contributed by atoms with Crippen molar-refractivity contribution in [1.29, 1.82) is 0 Å². The Labute approximate surface area is 119 Å². The molecule has 0 bridgehead atoms. The highest BCUT2D eigenvalue weighted by molar-refractivity contribution is 6.30. The molecule has 0 aliphatic rings. The molecule has 0 radical (unpaired) electrons. The van der Waals surface area contributed by atoms with Crippen LogP contribution in [0.4, 0.5) is 5.69 Å². The van der Waals surface area contributed by atoms with Crippen LogP contribution in [0.1, 0.15) is 10.5 Å². The maximum atomic E-state index is 11.9. The lowest BCUT2D eigenvalue weighted by atomic mass is 10.3. The predicted molar refractivity (Wildman–Crippen MR) is 72.5 cm³/mol. The van der Waals surface area contributed by atoms with Crippen LogP contribution >= 0.6 is 11.6 Å². The van der Waals surface area contributed by atoms with Gasteiger partial charge in [-0.2, -0.15) is 10.2 Å². The van der Waals surface area contributed by atoms with Crippen LogP contribution in [0.25, 0.3) is 0 Å². The summed E-state index contributed by atoms with van der Waals surface area (Å²) in [6.45, 7) is -0.00516. The minimum Gasteiger partial charge on any atom is -0.354 e. The van der Waals surface area contributed by atoms with Crippen molar-refractivity contribution < 1.29 is 9.59 Å². The Bertz CT molecular complexity index is 647. The second kappa shape index (κ2) is 5.74. The number of carbonyl (C=O) groups is 2. The molecule has 8 nitrogen and oxygen atoms in total. The number of rotatable bonds is 4. The monoisotopic (exact) mass is 296 g/mol. The van der Waals surface area contributed by atoms with E-state index in [1.165, 1.54) is 28.8 Å². The van der Waals surface area contributed by atoms with Gasteiger partial charge >= 0.3 is 0 Å². The summed E-state index contributed by atoms with van der Waals surface area (Å²) in [4.78, 5) is 23.5. The number of hydrogen-bond acceptors (Lipinski definition) is 4. The van der Waals surface area contributed by atoms with Gasteiger partial charge in [0.25, 0.3) is 5.91 Å². The van der Waals surface area contributed by atoms with E-state index in [1.54, 1.807) is 13.2 Å². The van der Waals surface area contributed by atoms with Crippen LogP contribution in [0.5, 0.6) is 0 Å². The molecule has 0 saturated heterocycles. The van der Waals surface area contributed by atoms with Crippen molar-refractivity contribution in [3.05, 3.63) is 29.3 Å². The lowest BCUT2D eigenvalue weighted by molar-refractivity contribution is -0.116. The first-order valence-electron chi connectivity index (χ1n) is 5.73. The number of nitrogens with one attached hydrogen (secondary N) is 2. The van der Waals surface area contributed by atoms with E-state index in [2.05, 4.69) is 20.8 Å². The van der Waals surface area contributed by atoms with Crippen molar-refractivity contribution >= 4 is 29.1 Å². The first-order valence-corrected chi connectivity index (χ1v) is 6.11. The summed E-state index contributed by atoms with van der Waals surface area (Å²) in [5.41, 5.74) is 0.497. The van der Waals surface area contributed by atoms with E-state index >= 15 is 0 Å². The molecule has 0 aliphatic carbocycles. The molecule has 2 aromatic rings. The smallest absolute Gasteiger partial charge is 0.273 e.